The Hall–Kier alpha value is -2.94. The molecule has 1 aromatic carbocycles. The first-order valence-electron chi connectivity index (χ1n) is 8.31. The number of carbonyl (C=O) groups is 1. The van der Waals surface area contributed by atoms with Gasteiger partial charge in [-0.1, -0.05) is 23.9 Å². The van der Waals surface area contributed by atoms with Crippen LogP contribution in [0.5, 0.6) is 0 Å². The topological polar surface area (TPSA) is 81.8 Å². The summed E-state index contributed by atoms with van der Waals surface area (Å²) < 4.78 is 16.6. The van der Waals surface area contributed by atoms with Crippen molar-refractivity contribution in [2.75, 3.05) is 5.75 Å². The molecular formula is C18H16FN5O2S. The van der Waals surface area contributed by atoms with E-state index < -0.39 is 11.9 Å². The van der Waals surface area contributed by atoms with Gasteiger partial charge in [0.05, 0.1) is 0 Å². The zero-order chi connectivity index (χ0) is 19.0. The van der Waals surface area contributed by atoms with Gasteiger partial charge >= 0.3 is 0 Å². The molecule has 1 unspecified atom stereocenters. The molecule has 1 aliphatic rings. The standard InChI is InChI=1S/C18H16FN5O2S/c1-23-7-6-20-15(23)14(11-2-4-12(19)5-3-11)22-16(25)13-10-21-18-24(17(13)26)8-9-27-18/h2-7,10,14H,8-9H2,1H3,(H,22,25). The maximum Gasteiger partial charge on any atom is 0.267 e. The summed E-state index contributed by atoms with van der Waals surface area (Å²) in [5.74, 6) is 0.415. The van der Waals surface area contributed by atoms with E-state index in [1.54, 1.807) is 36.1 Å². The average molecular weight is 385 g/mol. The van der Waals surface area contributed by atoms with Crippen LogP contribution in [0.4, 0.5) is 4.39 Å². The number of nitrogens with zero attached hydrogens (tertiary/aromatic N) is 4. The van der Waals surface area contributed by atoms with Gasteiger partial charge in [-0.15, -0.1) is 0 Å². The number of benzene rings is 1. The van der Waals surface area contributed by atoms with E-state index in [1.807, 2.05) is 0 Å². The van der Waals surface area contributed by atoms with Crippen LogP contribution in [-0.2, 0) is 13.6 Å². The van der Waals surface area contributed by atoms with Gasteiger partial charge in [0.15, 0.2) is 5.16 Å². The highest BCUT2D eigenvalue weighted by Gasteiger charge is 2.25. The minimum absolute atomic E-state index is 0.0254. The molecule has 3 heterocycles. The third kappa shape index (κ3) is 3.25. The van der Waals surface area contributed by atoms with Crippen molar-refractivity contribution in [1.29, 1.82) is 0 Å². The van der Waals surface area contributed by atoms with Crippen LogP contribution in [0.25, 0.3) is 0 Å². The molecule has 0 saturated carbocycles. The third-order valence-electron chi connectivity index (χ3n) is 4.40. The molecule has 0 bridgehead atoms. The lowest BCUT2D eigenvalue weighted by atomic mass is 10.1. The highest BCUT2D eigenvalue weighted by Crippen LogP contribution is 2.23. The van der Waals surface area contributed by atoms with Crippen molar-refractivity contribution in [3.8, 4) is 0 Å². The normalized spacial score (nSPS) is 14.0. The molecule has 2 aromatic heterocycles. The van der Waals surface area contributed by atoms with Crippen LogP contribution in [0.2, 0.25) is 0 Å². The number of amides is 1. The highest BCUT2D eigenvalue weighted by atomic mass is 32.2. The Morgan fingerprint density at radius 2 is 2.07 bits per heavy atom. The summed E-state index contributed by atoms with van der Waals surface area (Å²) in [6.45, 7) is 0.535. The zero-order valence-electron chi connectivity index (χ0n) is 14.4. The van der Waals surface area contributed by atoms with Gasteiger partial charge in [-0.05, 0) is 17.7 Å². The van der Waals surface area contributed by atoms with Gasteiger partial charge in [0.25, 0.3) is 11.5 Å². The summed E-state index contributed by atoms with van der Waals surface area (Å²) in [6.07, 6.45) is 4.67. The quantitative estimate of drug-likeness (QED) is 0.692. The molecule has 1 atom stereocenters. The SMILES string of the molecule is Cn1ccnc1C(NC(=O)c1cnc2n(c1=O)CCS2)c1ccc(F)cc1. The number of aromatic nitrogens is 4. The Morgan fingerprint density at radius 1 is 1.30 bits per heavy atom. The molecule has 7 nitrogen and oxygen atoms in total. The van der Waals surface area contributed by atoms with Crippen molar-refractivity contribution in [3.63, 3.8) is 0 Å². The minimum atomic E-state index is -0.634. The smallest absolute Gasteiger partial charge is 0.267 e. The molecule has 1 N–H and O–H groups in total. The van der Waals surface area contributed by atoms with E-state index >= 15 is 0 Å². The van der Waals surface area contributed by atoms with E-state index in [0.29, 0.717) is 23.1 Å². The summed E-state index contributed by atoms with van der Waals surface area (Å²) in [7, 11) is 1.80. The maximum atomic E-state index is 13.3. The van der Waals surface area contributed by atoms with Crippen molar-refractivity contribution in [1.82, 2.24) is 24.4 Å². The van der Waals surface area contributed by atoms with Crippen LogP contribution in [0.3, 0.4) is 0 Å². The summed E-state index contributed by atoms with van der Waals surface area (Å²) >= 11 is 1.49. The monoisotopic (exact) mass is 385 g/mol. The van der Waals surface area contributed by atoms with Crippen LogP contribution in [-0.4, -0.2) is 30.8 Å². The van der Waals surface area contributed by atoms with Crippen molar-refractivity contribution in [2.45, 2.75) is 17.7 Å². The van der Waals surface area contributed by atoms with Crippen LogP contribution in [0, 0.1) is 5.82 Å². The number of aryl methyl sites for hydroxylation is 1. The van der Waals surface area contributed by atoms with Crippen molar-refractivity contribution in [3.05, 3.63) is 76.0 Å². The summed E-state index contributed by atoms with van der Waals surface area (Å²) in [6, 6.07) is 5.17. The fourth-order valence-electron chi connectivity index (χ4n) is 2.99. The second-order valence-corrected chi connectivity index (χ2v) is 7.18. The van der Waals surface area contributed by atoms with Crippen LogP contribution in [0.15, 0.2) is 52.8 Å². The number of halogens is 1. The minimum Gasteiger partial charge on any atom is -0.338 e. The Balaban J connectivity index is 1.70. The first-order valence-corrected chi connectivity index (χ1v) is 9.29. The molecular weight excluding hydrogens is 369 g/mol. The molecule has 0 radical (unpaired) electrons. The van der Waals surface area contributed by atoms with E-state index in [1.165, 1.54) is 34.7 Å². The Kier molecular flexibility index (Phi) is 4.53. The Bertz CT molecular complexity index is 1060. The maximum absolute atomic E-state index is 13.3. The molecule has 1 amide bonds. The summed E-state index contributed by atoms with van der Waals surface area (Å²) in [5, 5.41) is 3.46. The molecule has 0 fully saturated rings. The van der Waals surface area contributed by atoms with Gasteiger partial charge in [-0.25, -0.2) is 14.4 Å². The first kappa shape index (κ1) is 17.5. The molecule has 4 rings (SSSR count). The van der Waals surface area contributed by atoms with Gasteiger partial charge in [0.2, 0.25) is 0 Å². The second kappa shape index (κ2) is 6.99. The fraction of sp³-hybridized carbons (Fsp3) is 0.222. The van der Waals surface area contributed by atoms with Crippen molar-refractivity contribution in [2.24, 2.45) is 7.05 Å². The van der Waals surface area contributed by atoms with Gasteiger partial charge in [0.1, 0.15) is 23.2 Å². The van der Waals surface area contributed by atoms with Gasteiger partial charge in [-0.2, -0.15) is 0 Å². The van der Waals surface area contributed by atoms with E-state index in [0.717, 1.165) is 5.75 Å². The molecule has 27 heavy (non-hydrogen) atoms. The third-order valence-corrected chi connectivity index (χ3v) is 5.37. The van der Waals surface area contributed by atoms with Crippen molar-refractivity contribution >= 4 is 17.7 Å². The number of rotatable bonds is 4. The van der Waals surface area contributed by atoms with Gasteiger partial charge in [0, 0.05) is 37.9 Å². The Morgan fingerprint density at radius 3 is 2.78 bits per heavy atom. The van der Waals surface area contributed by atoms with E-state index in [9.17, 15) is 14.0 Å². The first-order chi connectivity index (χ1) is 13.0. The van der Waals surface area contributed by atoms with Crippen LogP contribution in [0.1, 0.15) is 27.8 Å². The van der Waals surface area contributed by atoms with E-state index in [-0.39, 0.29) is 16.9 Å². The molecule has 0 saturated heterocycles. The van der Waals surface area contributed by atoms with Gasteiger partial charge < -0.3 is 9.88 Å². The predicted molar refractivity (Wildman–Crippen MR) is 98.1 cm³/mol. The number of nitrogens with one attached hydrogen (secondary N) is 1. The summed E-state index contributed by atoms with van der Waals surface area (Å²) in [4.78, 5) is 33.9. The lowest BCUT2D eigenvalue weighted by Crippen LogP contribution is -2.36. The molecule has 9 heteroatoms. The van der Waals surface area contributed by atoms with Crippen LogP contribution >= 0.6 is 11.8 Å². The second-order valence-electron chi connectivity index (χ2n) is 6.11. The zero-order valence-corrected chi connectivity index (χ0v) is 15.2. The predicted octanol–water partition coefficient (Wildman–Crippen LogP) is 1.74. The molecule has 1 aliphatic heterocycles. The lowest BCUT2D eigenvalue weighted by Gasteiger charge is -2.19. The lowest BCUT2D eigenvalue weighted by molar-refractivity contribution is 0.0938. The highest BCUT2D eigenvalue weighted by molar-refractivity contribution is 7.99. The largest absolute Gasteiger partial charge is 0.338 e. The van der Waals surface area contributed by atoms with Gasteiger partial charge in [-0.3, -0.25) is 14.2 Å². The summed E-state index contributed by atoms with van der Waals surface area (Å²) in [5.41, 5.74) is 0.270. The molecule has 0 aliphatic carbocycles. The average Bonchev–Trinajstić information content (AvgIpc) is 3.30. The number of carbonyl (C=O) groups excluding carboxylic acids is 1. The fourth-order valence-corrected chi connectivity index (χ4v) is 3.90. The number of thioether (sulfide) groups is 1. The number of imidazole rings is 1. The molecule has 3 aromatic rings. The number of fused-ring (bicyclic) bond motifs is 1. The molecule has 138 valence electrons. The molecule has 0 spiro atoms. The number of hydrogen-bond donors (Lipinski definition) is 1. The number of hydrogen-bond acceptors (Lipinski definition) is 5. The van der Waals surface area contributed by atoms with Crippen molar-refractivity contribution < 1.29 is 9.18 Å². The van der Waals surface area contributed by atoms with Crippen LogP contribution < -0.4 is 10.9 Å². The van der Waals surface area contributed by atoms with E-state index in [4.69, 9.17) is 0 Å². The Labute approximate surface area is 158 Å². The van der Waals surface area contributed by atoms with E-state index in [2.05, 4.69) is 15.3 Å².